The standard InChI is InChI=1S/C25H22N2O6S/c1-16(25(29)30)27(2)34(31,32)21-13-9-18(10-14-21)17-7-11-20(12-8-17)26-24(28)23-15-19-5-3-4-6-22(19)33-23/h3-16H,1-2H3,(H,26,28)(H,29,30)/t16-/m0/s1. The van der Waals surface area contributed by atoms with Crippen molar-refractivity contribution in [2.45, 2.75) is 17.9 Å². The van der Waals surface area contributed by atoms with Gasteiger partial charge in [0, 0.05) is 18.1 Å². The Morgan fingerprint density at radius 3 is 2.12 bits per heavy atom. The average molecular weight is 479 g/mol. The van der Waals surface area contributed by atoms with Crippen LogP contribution in [0.5, 0.6) is 0 Å². The van der Waals surface area contributed by atoms with Crippen LogP contribution in [-0.2, 0) is 14.8 Å². The summed E-state index contributed by atoms with van der Waals surface area (Å²) in [7, 11) is -2.71. The lowest BCUT2D eigenvalue weighted by Crippen LogP contribution is -2.40. The monoisotopic (exact) mass is 478 g/mol. The summed E-state index contributed by atoms with van der Waals surface area (Å²) in [6.07, 6.45) is 0. The molecule has 0 saturated heterocycles. The van der Waals surface area contributed by atoms with Gasteiger partial charge >= 0.3 is 5.97 Å². The molecule has 0 saturated carbocycles. The number of hydrogen-bond donors (Lipinski definition) is 2. The number of hydrogen-bond acceptors (Lipinski definition) is 5. The molecule has 0 bridgehead atoms. The van der Waals surface area contributed by atoms with Gasteiger partial charge in [-0.05, 0) is 54.4 Å². The zero-order valence-corrected chi connectivity index (χ0v) is 19.2. The van der Waals surface area contributed by atoms with E-state index in [-0.39, 0.29) is 16.6 Å². The molecule has 0 fully saturated rings. The van der Waals surface area contributed by atoms with E-state index in [1.807, 2.05) is 18.2 Å². The Balaban J connectivity index is 1.47. The fourth-order valence-electron chi connectivity index (χ4n) is 3.38. The number of para-hydroxylation sites is 1. The van der Waals surface area contributed by atoms with E-state index in [1.165, 1.54) is 26.1 Å². The van der Waals surface area contributed by atoms with Crippen LogP contribution >= 0.6 is 0 Å². The highest BCUT2D eigenvalue weighted by Gasteiger charge is 2.29. The second kappa shape index (κ2) is 9.12. The molecule has 174 valence electrons. The first-order valence-corrected chi connectivity index (χ1v) is 11.8. The van der Waals surface area contributed by atoms with E-state index in [1.54, 1.807) is 48.5 Å². The number of amides is 1. The molecule has 8 nitrogen and oxygen atoms in total. The number of carbonyl (C=O) groups excluding carboxylic acids is 1. The highest BCUT2D eigenvalue weighted by Crippen LogP contribution is 2.25. The van der Waals surface area contributed by atoms with Gasteiger partial charge in [-0.15, -0.1) is 0 Å². The van der Waals surface area contributed by atoms with E-state index >= 15 is 0 Å². The van der Waals surface area contributed by atoms with Crippen molar-refractivity contribution >= 4 is 38.6 Å². The van der Waals surface area contributed by atoms with Crippen LogP contribution in [0.3, 0.4) is 0 Å². The Bertz CT molecular complexity index is 1420. The van der Waals surface area contributed by atoms with Gasteiger partial charge in [-0.1, -0.05) is 42.5 Å². The Hall–Kier alpha value is -3.95. The van der Waals surface area contributed by atoms with Crippen molar-refractivity contribution in [3.05, 3.63) is 84.6 Å². The molecule has 0 aliphatic rings. The maximum absolute atomic E-state index is 12.7. The van der Waals surface area contributed by atoms with Crippen LogP contribution in [0, 0.1) is 0 Å². The zero-order chi connectivity index (χ0) is 24.5. The summed E-state index contributed by atoms with van der Waals surface area (Å²) >= 11 is 0. The van der Waals surface area contributed by atoms with Crippen molar-refractivity contribution in [3.8, 4) is 11.1 Å². The highest BCUT2D eigenvalue weighted by atomic mass is 32.2. The van der Waals surface area contributed by atoms with Crippen LogP contribution in [0.1, 0.15) is 17.5 Å². The number of sulfonamides is 1. The fourth-order valence-corrected chi connectivity index (χ4v) is 4.70. The smallest absolute Gasteiger partial charge is 0.321 e. The predicted molar refractivity (Wildman–Crippen MR) is 128 cm³/mol. The molecule has 0 spiro atoms. The number of rotatable bonds is 7. The first kappa shape index (κ1) is 23.2. The summed E-state index contributed by atoms with van der Waals surface area (Å²) in [5.41, 5.74) is 2.80. The summed E-state index contributed by atoms with van der Waals surface area (Å²) in [5.74, 6) is -1.38. The summed E-state index contributed by atoms with van der Waals surface area (Å²) in [5, 5.41) is 12.7. The molecular formula is C25H22N2O6S. The van der Waals surface area contributed by atoms with Crippen LogP contribution in [0.25, 0.3) is 22.1 Å². The topological polar surface area (TPSA) is 117 Å². The molecule has 0 radical (unpaired) electrons. The molecule has 1 heterocycles. The minimum absolute atomic E-state index is 0.00145. The Kier molecular flexibility index (Phi) is 6.23. The van der Waals surface area contributed by atoms with Crippen molar-refractivity contribution < 1.29 is 27.5 Å². The lowest BCUT2D eigenvalue weighted by molar-refractivity contribution is -0.140. The lowest BCUT2D eigenvalue weighted by Gasteiger charge is -2.21. The highest BCUT2D eigenvalue weighted by molar-refractivity contribution is 7.89. The number of nitrogens with zero attached hydrogens (tertiary/aromatic N) is 1. The average Bonchev–Trinajstić information content (AvgIpc) is 3.28. The minimum Gasteiger partial charge on any atom is -0.480 e. The summed E-state index contributed by atoms with van der Waals surface area (Å²) in [4.78, 5) is 23.7. The SMILES string of the molecule is C[C@@H](C(=O)O)N(C)S(=O)(=O)c1ccc(-c2ccc(NC(=O)c3cc4ccccc4o3)cc2)cc1. The van der Waals surface area contributed by atoms with Gasteiger partial charge in [0.25, 0.3) is 5.91 Å². The van der Waals surface area contributed by atoms with Crippen LogP contribution in [0.4, 0.5) is 5.69 Å². The Morgan fingerprint density at radius 1 is 0.941 bits per heavy atom. The molecule has 3 aromatic carbocycles. The third-order valence-corrected chi connectivity index (χ3v) is 7.50. The van der Waals surface area contributed by atoms with Gasteiger partial charge in [-0.3, -0.25) is 9.59 Å². The number of carboxylic acid groups (broad SMARTS) is 1. The van der Waals surface area contributed by atoms with E-state index in [2.05, 4.69) is 5.32 Å². The normalized spacial score (nSPS) is 12.6. The van der Waals surface area contributed by atoms with E-state index in [9.17, 15) is 18.0 Å². The Labute approximate surface area is 196 Å². The number of likely N-dealkylation sites (N-methyl/N-ethyl adjacent to an activating group) is 1. The molecule has 0 aliphatic heterocycles. The maximum atomic E-state index is 12.7. The number of fused-ring (bicyclic) bond motifs is 1. The second-order valence-corrected chi connectivity index (χ2v) is 9.74. The van der Waals surface area contributed by atoms with Crippen molar-refractivity contribution in [3.63, 3.8) is 0 Å². The van der Waals surface area contributed by atoms with Gasteiger partial charge in [-0.25, -0.2) is 8.42 Å². The quantitative estimate of drug-likeness (QED) is 0.405. The van der Waals surface area contributed by atoms with E-state index < -0.39 is 22.0 Å². The van der Waals surface area contributed by atoms with Gasteiger partial charge in [-0.2, -0.15) is 4.31 Å². The van der Waals surface area contributed by atoms with Gasteiger partial charge < -0.3 is 14.8 Å². The maximum Gasteiger partial charge on any atom is 0.321 e. The number of carbonyl (C=O) groups is 2. The predicted octanol–water partition coefficient (Wildman–Crippen LogP) is 4.45. The van der Waals surface area contributed by atoms with Crippen molar-refractivity contribution in [2.75, 3.05) is 12.4 Å². The third kappa shape index (κ3) is 4.57. The van der Waals surface area contributed by atoms with Gasteiger partial charge in [0.1, 0.15) is 11.6 Å². The van der Waals surface area contributed by atoms with E-state index in [4.69, 9.17) is 9.52 Å². The molecular weight excluding hydrogens is 456 g/mol. The molecule has 0 aliphatic carbocycles. The minimum atomic E-state index is -3.94. The summed E-state index contributed by atoms with van der Waals surface area (Å²) in [6, 6.07) is 21.1. The van der Waals surface area contributed by atoms with E-state index in [0.717, 1.165) is 20.8 Å². The molecule has 4 rings (SSSR count). The molecule has 1 aromatic heterocycles. The van der Waals surface area contributed by atoms with Crippen LogP contribution in [-0.4, -0.2) is 42.8 Å². The molecule has 4 aromatic rings. The number of furan rings is 1. The first-order chi connectivity index (χ1) is 16.2. The molecule has 1 atom stereocenters. The Morgan fingerprint density at radius 2 is 1.53 bits per heavy atom. The second-order valence-electron chi connectivity index (χ2n) is 7.74. The number of carboxylic acids is 1. The molecule has 0 unspecified atom stereocenters. The zero-order valence-electron chi connectivity index (χ0n) is 18.4. The van der Waals surface area contributed by atoms with Crippen molar-refractivity contribution in [2.24, 2.45) is 0 Å². The van der Waals surface area contributed by atoms with Gasteiger partial charge in [0.2, 0.25) is 10.0 Å². The fraction of sp³-hybridized carbons (Fsp3) is 0.120. The largest absolute Gasteiger partial charge is 0.480 e. The third-order valence-electron chi connectivity index (χ3n) is 5.56. The van der Waals surface area contributed by atoms with Crippen LogP contribution in [0.2, 0.25) is 0 Å². The van der Waals surface area contributed by atoms with Gasteiger partial charge in [0.05, 0.1) is 4.90 Å². The summed E-state index contributed by atoms with van der Waals surface area (Å²) < 4.78 is 31.7. The number of nitrogens with one attached hydrogen (secondary N) is 1. The number of aliphatic carboxylic acids is 1. The lowest BCUT2D eigenvalue weighted by atomic mass is 10.1. The van der Waals surface area contributed by atoms with Crippen molar-refractivity contribution in [1.29, 1.82) is 0 Å². The number of anilines is 1. The number of benzene rings is 3. The summed E-state index contributed by atoms with van der Waals surface area (Å²) in [6.45, 7) is 1.31. The van der Waals surface area contributed by atoms with Crippen molar-refractivity contribution in [1.82, 2.24) is 4.31 Å². The molecule has 1 amide bonds. The van der Waals surface area contributed by atoms with Gasteiger partial charge in [0.15, 0.2) is 5.76 Å². The molecule has 9 heteroatoms. The first-order valence-electron chi connectivity index (χ1n) is 10.4. The van der Waals surface area contributed by atoms with Crippen LogP contribution < -0.4 is 5.32 Å². The molecule has 34 heavy (non-hydrogen) atoms. The molecule has 2 N–H and O–H groups in total. The van der Waals surface area contributed by atoms with E-state index in [0.29, 0.717) is 11.3 Å². The van der Waals surface area contributed by atoms with Crippen LogP contribution in [0.15, 0.2) is 88.2 Å².